The molecule has 0 aliphatic carbocycles. The molecule has 4 heterocycles. The topological polar surface area (TPSA) is 103 Å². The normalized spacial score (nSPS) is 17.2. The fourth-order valence-electron chi connectivity index (χ4n) is 2.85. The van der Waals surface area contributed by atoms with Crippen LogP contribution >= 0.6 is 0 Å². The number of nitrogens with one attached hydrogen (secondary N) is 1. The summed E-state index contributed by atoms with van der Waals surface area (Å²) in [5, 5.41) is 15.5. The van der Waals surface area contributed by atoms with Crippen LogP contribution in [-0.4, -0.2) is 46.3 Å². The summed E-state index contributed by atoms with van der Waals surface area (Å²) in [5.74, 6) is 2.75. The van der Waals surface area contributed by atoms with Crippen molar-refractivity contribution in [3.63, 3.8) is 0 Å². The highest BCUT2D eigenvalue weighted by Gasteiger charge is 2.23. The largest absolute Gasteiger partial charge is 0.351 e. The van der Waals surface area contributed by atoms with E-state index >= 15 is 0 Å². The van der Waals surface area contributed by atoms with Crippen molar-refractivity contribution in [2.24, 2.45) is 0 Å². The van der Waals surface area contributed by atoms with Crippen LogP contribution in [0.15, 0.2) is 18.5 Å². The first kappa shape index (κ1) is 13.8. The zero-order valence-electron chi connectivity index (χ0n) is 12.7. The van der Waals surface area contributed by atoms with Gasteiger partial charge in [-0.25, -0.2) is 9.50 Å². The van der Waals surface area contributed by atoms with Gasteiger partial charge in [-0.05, 0) is 19.4 Å². The molecular weight excluding hydrogens is 296 g/mol. The number of nitrogens with zero attached hydrogens (tertiary/aromatic N) is 7. The van der Waals surface area contributed by atoms with E-state index in [2.05, 4.69) is 35.1 Å². The van der Waals surface area contributed by atoms with E-state index in [-0.39, 0.29) is 18.4 Å². The Morgan fingerprint density at radius 2 is 2.35 bits per heavy atom. The highest BCUT2D eigenvalue weighted by atomic mass is 16.1. The van der Waals surface area contributed by atoms with Crippen LogP contribution in [0, 0.1) is 6.92 Å². The van der Waals surface area contributed by atoms with Gasteiger partial charge in [0.05, 0.1) is 6.42 Å². The Balaban J connectivity index is 1.41. The molecule has 1 amide bonds. The second kappa shape index (κ2) is 5.41. The minimum atomic E-state index is -0.0833. The summed E-state index contributed by atoms with van der Waals surface area (Å²) in [5.41, 5.74) is 0. The van der Waals surface area contributed by atoms with Crippen molar-refractivity contribution in [3.8, 4) is 0 Å². The molecule has 9 heteroatoms. The SMILES string of the molecule is Cc1nnc2n1C[C@@H](NC(=O)Cc1nc3ncccn3n1)CC2. The van der Waals surface area contributed by atoms with Crippen LogP contribution in [-0.2, 0) is 24.2 Å². The standard InChI is InChI=1S/C14H16N8O/c1-9-18-19-12-4-3-10(8-21(9)12)16-13(23)7-11-17-14-15-5-2-6-22(14)20-11/h2,5-6,10H,3-4,7-8H2,1H3,(H,16,23)/t10-/m0/s1. The van der Waals surface area contributed by atoms with Gasteiger partial charge in [-0.15, -0.1) is 15.3 Å². The molecule has 1 N–H and O–H groups in total. The lowest BCUT2D eigenvalue weighted by Crippen LogP contribution is -2.42. The maximum atomic E-state index is 12.2. The molecule has 0 unspecified atom stereocenters. The Morgan fingerprint density at radius 3 is 3.22 bits per heavy atom. The van der Waals surface area contributed by atoms with Crippen molar-refractivity contribution in [1.29, 1.82) is 0 Å². The molecular formula is C14H16N8O. The molecule has 0 fully saturated rings. The second-order valence-electron chi connectivity index (χ2n) is 5.65. The number of hydrogen-bond donors (Lipinski definition) is 1. The van der Waals surface area contributed by atoms with E-state index in [4.69, 9.17) is 0 Å². The Hall–Kier alpha value is -2.84. The zero-order chi connectivity index (χ0) is 15.8. The van der Waals surface area contributed by atoms with Crippen LogP contribution in [0.25, 0.3) is 5.78 Å². The second-order valence-corrected chi connectivity index (χ2v) is 5.65. The fraction of sp³-hybridized carbons (Fsp3) is 0.429. The quantitative estimate of drug-likeness (QED) is 0.712. The molecule has 0 saturated carbocycles. The molecule has 1 atom stereocenters. The molecule has 0 bridgehead atoms. The molecule has 1 aliphatic rings. The number of rotatable bonds is 3. The molecule has 118 valence electrons. The average molecular weight is 312 g/mol. The van der Waals surface area contributed by atoms with Crippen LogP contribution < -0.4 is 5.32 Å². The molecule has 0 radical (unpaired) electrons. The van der Waals surface area contributed by atoms with Crippen molar-refractivity contribution >= 4 is 11.7 Å². The highest BCUT2D eigenvalue weighted by molar-refractivity contribution is 5.78. The number of fused-ring (bicyclic) bond motifs is 2. The number of aryl methyl sites for hydroxylation is 2. The first-order valence-electron chi connectivity index (χ1n) is 7.53. The maximum Gasteiger partial charge on any atom is 0.252 e. The zero-order valence-corrected chi connectivity index (χ0v) is 12.7. The summed E-state index contributed by atoms with van der Waals surface area (Å²) in [6.07, 6.45) is 5.24. The molecule has 0 aromatic carbocycles. The third-order valence-corrected chi connectivity index (χ3v) is 3.98. The van der Waals surface area contributed by atoms with E-state index in [0.29, 0.717) is 18.1 Å². The van der Waals surface area contributed by atoms with E-state index in [9.17, 15) is 4.79 Å². The smallest absolute Gasteiger partial charge is 0.252 e. The van der Waals surface area contributed by atoms with Crippen LogP contribution in [0.3, 0.4) is 0 Å². The maximum absolute atomic E-state index is 12.2. The van der Waals surface area contributed by atoms with Crippen LogP contribution in [0.5, 0.6) is 0 Å². The summed E-state index contributed by atoms with van der Waals surface area (Å²) < 4.78 is 3.62. The summed E-state index contributed by atoms with van der Waals surface area (Å²) in [7, 11) is 0. The van der Waals surface area contributed by atoms with Gasteiger partial charge in [0.1, 0.15) is 11.6 Å². The van der Waals surface area contributed by atoms with Gasteiger partial charge in [0.15, 0.2) is 5.82 Å². The van der Waals surface area contributed by atoms with E-state index in [1.54, 1.807) is 23.0 Å². The fourth-order valence-corrected chi connectivity index (χ4v) is 2.85. The Labute approximate surface area is 131 Å². The lowest BCUT2D eigenvalue weighted by atomic mass is 10.1. The molecule has 23 heavy (non-hydrogen) atoms. The van der Waals surface area contributed by atoms with E-state index in [1.165, 1.54) is 0 Å². The van der Waals surface area contributed by atoms with Gasteiger partial charge in [0.2, 0.25) is 5.91 Å². The third kappa shape index (κ3) is 2.65. The van der Waals surface area contributed by atoms with E-state index < -0.39 is 0 Å². The number of hydrogen-bond acceptors (Lipinski definition) is 6. The first-order chi connectivity index (χ1) is 11.2. The van der Waals surface area contributed by atoms with Gasteiger partial charge in [0.25, 0.3) is 5.78 Å². The van der Waals surface area contributed by atoms with E-state index in [0.717, 1.165) is 24.5 Å². The number of carbonyl (C=O) groups is 1. The Kier molecular flexibility index (Phi) is 3.25. The summed E-state index contributed by atoms with van der Waals surface area (Å²) in [6.45, 7) is 2.63. The highest BCUT2D eigenvalue weighted by Crippen LogP contribution is 2.14. The summed E-state index contributed by atoms with van der Waals surface area (Å²) in [6, 6.07) is 1.85. The molecule has 0 spiro atoms. The molecule has 0 saturated heterocycles. The summed E-state index contributed by atoms with van der Waals surface area (Å²) >= 11 is 0. The predicted octanol–water partition coefficient (Wildman–Crippen LogP) is -0.302. The number of aromatic nitrogens is 7. The van der Waals surface area contributed by atoms with E-state index in [1.807, 2.05) is 6.92 Å². The van der Waals surface area contributed by atoms with Crippen LogP contribution in [0.4, 0.5) is 0 Å². The predicted molar refractivity (Wildman–Crippen MR) is 79.5 cm³/mol. The molecule has 9 nitrogen and oxygen atoms in total. The van der Waals surface area contributed by atoms with Gasteiger partial charge in [-0.3, -0.25) is 4.79 Å². The van der Waals surface area contributed by atoms with Gasteiger partial charge in [-0.2, -0.15) is 4.98 Å². The lowest BCUT2D eigenvalue weighted by Gasteiger charge is -2.24. The van der Waals surface area contributed by atoms with Crippen molar-refractivity contribution < 1.29 is 4.79 Å². The molecule has 4 rings (SSSR count). The van der Waals surface area contributed by atoms with Crippen LogP contribution in [0.2, 0.25) is 0 Å². The summed E-state index contributed by atoms with van der Waals surface area (Å²) in [4.78, 5) is 20.6. The Morgan fingerprint density at radius 1 is 1.43 bits per heavy atom. The van der Waals surface area contributed by atoms with Crippen molar-refractivity contribution in [2.75, 3.05) is 0 Å². The van der Waals surface area contributed by atoms with Crippen molar-refractivity contribution in [3.05, 3.63) is 35.9 Å². The molecule has 1 aliphatic heterocycles. The van der Waals surface area contributed by atoms with Crippen molar-refractivity contribution in [1.82, 2.24) is 39.7 Å². The third-order valence-electron chi connectivity index (χ3n) is 3.98. The number of amides is 1. The minimum absolute atomic E-state index is 0.0832. The first-order valence-corrected chi connectivity index (χ1v) is 7.53. The van der Waals surface area contributed by atoms with Gasteiger partial charge in [-0.1, -0.05) is 0 Å². The monoisotopic (exact) mass is 312 g/mol. The van der Waals surface area contributed by atoms with Gasteiger partial charge in [0, 0.05) is 31.4 Å². The van der Waals surface area contributed by atoms with Crippen LogP contribution in [0.1, 0.15) is 23.9 Å². The Bertz CT molecular complexity index is 834. The number of carbonyl (C=O) groups excluding carboxylic acids is 1. The minimum Gasteiger partial charge on any atom is -0.351 e. The molecule has 3 aromatic rings. The lowest BCUT2D eigenvalue weighted by molar-refractivity contribution is -0.121. The van der Waals surface area contributed by atoms with Gasteiger partial charge < -0.3 is 9.88 Å². The molecule has 3 aromatic heterocycles. The average Bonchev–Trinajstić information content (AvgIpc) is 3.10. The van der Waals surface area contributed by atoms with Gasteiger partial charge >= 0.3 is 0 Å². The van der Waals surface area contributed by atoms with Crippen molar-refractivity contribution in [2.45, 2.75) is 38.8 Å².